The van der Waals surface area contributed by atoms with E-state index in [1.54, 1.807) is 6.07 Å². The number of carbonyl (C=O) groups is 1. The molecule has 15 heavy (non-hydrogen) atoms. The van der Waals surface area contributed by atoms with Crippen LogP contribution in [0.3, 0.4) is 0 Å². The first-order valence-corrected chi connectivity index (χ1v) is 4.93. The lowest BCUT2D eigenvalue weighted by molar-refractivity contribution is 0.115. The Morgan fingerprint density at radius 2 is 2.33 bits per heavy atom. The van der Waals surface area contributed by atoms with E-state index in [0.29, 0.717) is 17.0 Å². The van der Waals surface area contributed by atoms with Crippen molar-refractivity contribution in [1.29, 1.82) is 0 Å². The fraction of sp³-hybridized carbons (Fsp3) is 0.300. The van der Waals surface area contributed by atoms with E-state index in [9.17, 15) is 9.18 Å². The van der Waals surface area contributed by atoms with Crippen LogP contribution in [0.2, 0.25) is 5.02 Å². The van der Waals surface area contributed by atoms with E-state index in [1.807, 2.05) is 0 Å². The monoisotopic (exact) mass is 229 g/mol. The number of alkyl carbamates (subject to hydrolysis) is 1. The molecule has 80 valence electrons. The van der Waals surface area contributed by atoms with Gasteiger partial charge in [-0.25, -0.2) is 9.18 Å². The molecule has 2 rings (SSSR count). The van der Waals surface area contributed by atoms with Crippen molar-refractivity contribution in [2.45, 2.75) is 12.5 Å². The molecule has 0 saturated carbocycles. The number of benzene rings is 1. The van der Waals surface area contributed by atoms with Gasteiger partial charge in [0.2, 0.25) is 0 Å². The van der Waals surface area contributed by atoms with Gasteiger partial charge in [-0.1, -0.05) is 17.7 Å². The molecule has 1 atom stereocenters. The third-order valence-electron chi connectivity index (χ3n) is 2.28. The smallest absolute Gasteiger partial charge is 0.407 e. The summed E-state index contributed by atoms with van der Waals surface area (Å²) in [6.07, 6.45) is -0.0163. The predicted octanol–water partition coefficient (Wildman–Crippen LogP) is 2.65. The second kappa shape index (κ2) is 4.06. The van der Waals surface area contributed by atoms with Crippen molar-refractivity contribution in [3.63, 3.8) is 0 Å². The van der Waals surface area contributed by atoms with Gasteiger partial charge in [0.25, 0.3) is 0 Å². The van der Waals surface area contributed by atoms with Gasteiger partial charge in [0.1, 0.15) is 5.82 Å². The molecule has 1 aliphatic heterocycles. The highest BCUT2D eigenvalue weighted by molar-refractivity contribution is 6.31. The third kappa shape index (κ3) is 2.04. The van der Waals surface area contributed by atoms with Crippen LogP contribution in [-0.2, 0) is 4.74 Å². The Hall–Kier alpha value is -1.29. The van der Waals surface area contributed by atoms with Gasteiger partial charge in [0.05, 0.1) is 12.6 Å². The van der Waals surface area contributed by atoms with E-state index in [2.05, 4.69) is 5.32 Å². The molecule has 0 unspecified atom stereocenters. The number of rotatable bonds is 1. The summed E-state index contributed by atoms with van der Waals surface area (Å²) in [5.74, 6) is -0.408. The zero-order valence-corrected chi connectivity index (χ0v) is 8.55. The van der Waals surface area contributed by atoms with Gasteiger partial charge in [-0.05, 0) is 12.1 Å². The Morgan fingerprint density at radius 1 is 1.53 bits per heavy atom. The highest BCUT2D eigenvalue weighted by atomic mass is 35.5. The number of amides is 1. The number of nitrogens with one attached hydrogen (secondary N) is 1. The minimum Gasteiger partial charge on any atom is -0.449 e. The predicted molar refractivity (Wildman–Crippen MR) is 53.3 cm³/mol. The van der Waals surface area contributed by atoms with E-state index in [4.69, 9.17) is 16.3 Å². The molecule has 1 aromatic carbocycles. The fourth-order valence-corrected chi connectivity index (χ4v) is 1.88. The van der Waals surface area contributed by atoms with Crippen LogP contribution in [0.1, 0.15) is 18.0 Å². The minimum atomic E-state index is -0.537. The van der Waals surface area contributed by atoms with E-state index in [0.717, 1.165) is 0 Å². The van der Waals surface area contributed by atoms with Crippen molar-refractivity contribution >= 4 is 17.7 Å². The van der Waals surface area contributed by atoms with Crippen LogP contribution in [-0.4, -0.2) is 12.7 Å². The summed E-state index contributed by atoms with van der Waals surface area (Å²) in [5, 5.41) is 2.85. The summed E-state index contributed by atoms with van der Waals surface area (Å²) in [6.45, 7) is 0.279. The molecule has 1 saturated heterocycles. The van der Waals surface area contributed by atoms with Crippen molar-refractivity contribution in [2.75, 3.05) is 6.61 Å². The maximum absolute atomic E-state index is 13.5. The average Bonchev–Trinajstić information content (AvgIpc) is 2.17. The molecule has 1 heterocycles. The lowest BCUT2D eigenvalue weighted by Crippen LogP contribution is -2.35. The van der Waals surface area contributed by atoms with E-state index < -0.39 is 18.0 Å². The van der Waals surface area contributed by atoms with Crippen molar-refractivity contribution < 1.29 is 13.9 Å². The van der Waals surface area contributed by atoms with Gasteiger partial charge in [-0.15, -0.1) is 0 Å². The molecule has 0 spiro atoms. The molecule has 1 aliphatic rings. The summed E-state index contributed by atoms with van der Waals surface area (Å²) in [6, 6.07) is 4.05. The van der Waals surface area contributed by atoms with Gasteiger partial charge >= 0.3 is 6.09 Å². The van der Waals surface area contributed by atoms with Gasteiger partial charge in [0, 0.05) is 17.0 Å². The second-order valence-corrected chi connectivity index (χ2v) is 3.66. The maximum atomic E-state index is 13.5. The molecule has 5 heteroatoms. The summed E-state index contributed by atoms with van der Waals surface area (Å²) >= 11 is 5.88. The quantitative estimate of drug-likeness (QED) is 0.804. The van der Waals surface area contributed by atoms with Gasteiger partial charge < -0.3 is 10.1 Å². The molecule has 0 bridgehead atoms. The largest absolute Gasteiger partial charge is 0.449 e. The number of cyclic esters (lactones) is 1. The zero-order valence-electron chi connectivity index (χ0n) is 7.80. The fourth-order valence-electron chi connectivity index (χ4n) is 1.59. The summed E-state index contributed by atoms with van der Waals surface area (Å²) < 4.78 is 18.2. The first kappa shape index (κ1) is 10.2. The van der Waals surface area contributed by atoms with Crippen LogP contribution in [0, 0.1) is 5.82 Å². The summed E-state index contributed by atoms with van der Waals surface area (Å²) in [5.41, 5.74) is 0.329. The number of carbonyl (C=O) groups excluding carboxylic acids is 1. The zero-order chi connectivity index (χ0) is 10.8. The molecular formula is C10H9ClFNO2. The van der Waals surface area contributed by atoms with Gasteiger partial charge in [0.15, 0.2) is 0 Å². The summed E-state index contributed by atoms with van der Waals surface area (Å²) in [7, 11) is 0. The molecule has 3 nitrogen and oxygen atoms in total. The van der Waals surface area contributed by atoms with Crippen molar-refractivity contribution in [3.8, 4) is 0 Å². The Morgan fingerprint density at radius 3 is 3.00 bits per heavy atom. The Kier molecular flexibility index (Phi) is 2.77. The lowest BCUT2D eigenvalue weighted by Gasteiger charge is -2.24. The molecular weight excluding hydrogens is 221 g/mol. The van der Waals surface area contributed by atoms with Crippen LogP contribution < -0.4 is 5.32 Å². The lowest BCUT2D eigenvalue weighted by atomic mass is 10.0. The minimum absolute atomic E-state index is 0.279. The number of hydrogen-bond acceptors (Lipinski definition) is 2. The van der Waals surface area contributed by atoms with Crippen LogP contribution in [0.25, 0.3) is 0 Å². The van der Waals surface area contributed by atoms with Crippen molar-refractivity contribution in [2.24, 2.45) is 0 Å². The normalized spacial score (nSPS) is 20.7. The van der Waals surface area contributed by atoms with Crippen LogP contribution in [0.4, 0.5) is 9.18 Å². The van der Waals surface area contributed by atoms with Gasteiger partial charge in [-0.3, -0.25) is 0 Å². The molecule has 1 aromatic rings. The molecule has 0 aromatic heterocycles. The third-order valence-corrected chi connectivity index (χ3v) is 2.61. The van der Waals surface area contributed by atoms with Crippen molar-refractivity contribution in [3.05, 3.63) is 34.6 Å². The molecule has 1 fully saturated rings. The van der Waals surface area contributed by atoms with Crippen molar-refractivity contribution in [1.82, 2.24) is 5.32 Å². The van der Waals surface area contributed by atoms with E-state index >= 15 is 0 Å². The second-order valence-electron chi connectivity index (χ2n) is 3.26. The number of halogens is 2. The van der Waals surface area contributed by atoms with Crippen LogP contribution >= 0.6 is 11.6 Å². The number of hydrogen-bond donors (Lipinski definition) is 1. The van der Waals surface area contributed by atoms with Crippen LogP contribution in [0.15, 0.2) is 18.2 Å². The molecule has 0 radical (unpaired) electrons. The topological polar surface area (TPSA) is 38.3 Å². The standard InChI is InChI=1S/C10H9ClFNO2/c11-6-2-1-3-7(12)9(6)8-4-5-15-10(14)13-8/h1-3,8H,4-5H2,(H,13,14)/t8-/m1/s1. The highest BCUT2D eigenvalue weighted by Gasteiger charge is 2.25. The van der Waals surface area contributed by atoms with E-state index in [-0.39, 0.29) is 6.61 Å². The van der Waals surface area contributed by atoms with E-state index in [1.165, 1.54) is 12.1 Å². The number of ether oxygens (including phenoxy) is 1. The Labute approximate surface area is 91.2 Å². The maximum Gasteiger partial charge on any atom is 0.407 e. The first-order valence-electron chi connectivity index (χ1n) is 4.55. The highest BCUT2D eigenvalue weighted by Crippen LogP contribution is 2.29. The Bertz CT molecular complexity index is 377. The van der Waals surface area contributed by atoms with Gasteiger partial charge in [-0.2, -0.15) is 0 Å². The summed E-state index contributed by atoms with van der Waals surface area (Å²) in [4.78, 5) is 11.0. The average molecular weight is 230 g/mol. The van der Waals surface area contributed by atoms with Crippen LogP contribution in [0.5, 0.6) is 0 Å². The first-order chi connectivity index (χ1) is 7.18. The SMILES string of the molecule is O=C1N[C@@H](c2c(F)cccc2Cl)CCO1. The molecule has 1 N–H and O–H groups in total. The molecule has 1 amide bonds. The Balaban J connectivity index is 2.32. The molecule has 0 aliphatic carbocycles.